The second kappa shape index (κ2) is 7.92. The molecule has 7 heteroatoms. The van der Waals surface area contributed by atoms with E-state index in [1.54, 1.807) is 13.3 Å². The topological polar surface area (TPSA) is 66.4 Å². The Bertz CT molecular complexity index is 640. The maximum atomic E-state index is 5.17. The Hall–Kier alpha value is -2.41. The average Bonchev–Trinajstić information content (AvgIpc) is 2.63. The van der Waals surface area contributed by atoms with Gasteiger partial charge in [-0.15, -0.1) is 5.10 Å². The first-order valence-electron chi connectivity index (χ1n) is 8.24. The SMILES string of the molecule is COc1ccc(CCNc2cnnc(N3CCN(C)CC3)n2)cc1. The normalized spacial score (nSPS) is 15.3. The lowest BCUT2D eigenvalue weighted by molar-refractivity contribution is 0.311. The predicted octanol–water partition coefficient (Wildman–Crippen LogP) is 1.29. The summed E-state index contributed by atoms with van der Waals surface area (Å²) in [5.74, 6) is 2.36. The van der Waals surface area contributed by atoms with E-state index in [0.717, 1.165) is 50.7 Å². The molecule has 0 bridgehead atoms. The summed E-state index contributed by atoms with van der Waals surface area (Å²) in [6, 6.07) is 8.11. The third-order valence-corrected chi connectivity index (χ3v) is 4.21. The number of nitrogens with one attached hydrogen (secondary N) is 1. The molecule has 0 aliphatic carbocycles. The van der Waals surface area contributed by atoms with Crippen molar-refractivity contribution in [3.63, 3.8) is 0 Å². The van der Waals surface area contributed by atoms with Gasteiger partial charge < -0.3 is 19.9 Å². The van der Waals surface area contributed by atoms with Crippen LogP contribution in [-0.2, 0) is 6.42 Å². The average molecular weight is 328 g/mol. The van der Waals surface area contributed by atoms with Crippen LogP contribution in [0.2, 0.25) is 0 Å². The minimum atomic E-state index is 0.706. The van der Waals surface area contributed by atoms with E-state index in [1.807, 2.05) is 12.1 Å². The van der Waals surface area contributed by atoms with Gasteiger partial charge in [0.25, 0.3) is 0 Å². The van der Waals surface area contributed by atoms with Crippen molar-refractivity contribution in [2.45, 2.75) is 6.42 Å². The Morgan fingerprint density at radius 1 is 1.12 bits per heavy atom. The van der Waals surface area contributed by atoms with Gasteiger partial charge in [-0.25, -0.2) is 0 Å². The van der Waals surface area contributed by atoms with Crippen LogP contribution in [0.4, 0.5) is 11.8 Å². The highest BCUT2D eigenvalue weighted by molar-refractivity contribution is 5.39. The second-order valence-corrected chi connectivity index (χ2v) is 5.96. The van der Waals surface area contributed by atoms with Crippen LogP contribution in [0.1, 0.15) is 5.56 Å². The highest BCUT2D eigenvalue weighted by atomic mass is 16.5. The van der Waals surface area contributed by atoms with Gasteiger partial charge in [-0.05, 0) is 31.2 Å². The lowest BCUT2D eigenvalue weighted by Crippen LogP contribution is -2.45. The molecule has 1 aliphatic heterocycles. The minimum Gasteiger partial charge on any atom is -0.497 e. The van der Waals surface area contributed by atoms with Gasteiger partial charge in [0.15, 0.2) is 5.82 Å². The summed E-state index contributed by atoms with van der Waals surface area (Å²) in [5, 5.41) is 11.6. The molecule has 0 atom stereocenters. The smallest absolute Gasteiger partial charge is 0.247 e. The number of anilines is 2. The fourth-order valence-corrected chi connectivity index (χ4v) is 2.65. The van der Waals surface area contributed by atoms with Crippen LogP contribution in [-0.4, -0.2) is 67.0 Å². The number of hydrogen-bond donors (Lipinski definition) is 1. The number of aromatic nitrogens is 3. The maximum absolute atomic E-state index is 5.17. The standard InChI is InChI=1S/C17H24N6O/c1-22-9-11-23(12-10-22)17-20-16(13-19-21-17)18-8-7-14-3-5-15(24-2)6-4-14/h3-6,13H,7-12H2,1-2H3,(H,18,20,21). The van der Waals surface area contributed by atoms with Crippen LogP contribution in [0, 0.1) is 0 Å². The molecule has 1 aliphatic rings. The molecule has 128 valence electrons. The van der Waals surface area contributed by atoms with E-state index >= 15 is 0 Å². The van der Waals surface area contributed by atoms with Gasteiger partial charge in [-0.2, -0.15) is 10.1 Å². The van der Waals surface area contributed by atoms with Crippen molar-refractivity contribution in [3.8, 4) is 5.75 Å². The van der Waals surface area contributed by atoms with Crippen molar-refractivity contribution in [2.24, 2.45) is 0 Å². The number of methoxy groups -OCH3 is 1. The zero-order valence-electron chi connectivity index (χ0n) is 14.3. The molecule has 7 nitrogen and oxygen atoms in total. The molecular formula is C17H24N6O. The van der Waals surface area contributed by atoms with Crippen molar-refractivity contribution < 1.29 is 4.74 Å². The molecule has 1 saturated heterocycles. The monoisotopic (exact) mass is 328 g/mol. The van der Waals surface area contributed by atoms with Gasteiger partial charge in [-0.1, -0.05) is 12.1 Å². The molecule has 0 saturated carbocycles. The molecule has 0 unspecified atom stereocenters. The van der Waals surface area contributed by atoms with Gasteiger partial charge in [0.05, 0.1) is 13.3 Å². The predicted molar refractivity (Wildman–Crippen MR) is 94.7 cm³/mol. The van der Waals surface area contributed by atoms with Gasteiger partial charge in [-0.3, -0.25) is 0 Å². The Morgan fingerprint density at radius 3 is 2.58 bits per heavy atom. The Balaban J connectivity index is 1.52. The van der Waals surface area contributed by atoms with Crippen LogP contribution in [0.15, 0.2) is 30.5 Å². The quantitative estimate of drug-likeness (QED) is 0.857. The first kappa shape index (κ1) is 16.4. The first-order chi connectivity index (χ1) is 11.7. The molecule has 0 amide bonds. The van der Waals surface area contributed by atoms with Crippen molar-refractivity contribution in [3.05, 3.63) is 36.0 Å². The highest BCUT2D eigenvalue weighted by Crippen LogP contribution is 2.13. The van der Waals surface area contributed by atoms with E-state index in [0.29, 0.717) is 5.95 Å². The molecule has 24 heavy (non-hydrogen) atoms. The van der Waals surface area contributed by atoms with E-state index < -0.39 is 0 Å². The lowest BCUT2D eigenvalue weighted by atomic mass is 10.1. The van der Waals surface area contributed by atoms with Crippen molar-refractivity contribution in [1.29, 1.82) is 0 Å². The van der Waals surface area contributed by atoms with Crippen molar-refractivity contribution in [1.82, 2.24) is 20.1 Å². The molecule has 2 aromatic rings. The molecule has 0 radical (unpaired) electrons. The van der Waals surface area contributed by atoms with Gasteiger partial charge in [0.2, 0.25) is 5.95 Å². The summed E-state index contributed by atoms with van der Waals surface area (Å²) >= 11 is 0. The van der Waals surface area contributed by atoms with Crippen molar-refractivity contribution >= 4 is 11.8 Å². The highest BCUT2D eigenvalue weighted by Gasteiger charge is 2.17. The molecule has 1 N–H and O–H groups in total. The fraction of sp³-hybridized carbons (Fsp3) is 0.471. The number of piperazine rings is 1. The number of benzene rings is 1. The number of nitrogens with zero attached hydrogens (tertiary/aromatic N) is 5. The number of rotatable bonds is 6. The van der Waals surface area contributed by atoms with E-state index in [1.165, 1.54) is 5.56 Å². The van der Waals surface area contributed by atoms with Gasteiger partial charge in [0, 0.05) is 32.7 Å². The van der Waals surface area contributed by atoms with E-state index in [-0.39, 0.29) is 0 Å². The van der Waals surface area contributed by atoms with Crippen LogP contribution in [0.25, 0.3) is 0 Å². The number of ether oxygens (including phenoxy) is 1. The summed E-state index contributed by atoms with van der Waals surface area (Å²) in [6.45, 7) is 4.73. The van der Waals surface area contributed by atoms with E-state index in [9.17, 15) is 0 Å². The number of likely N-dealkylation sites (N-methyl/N-ethyl adjacent to an activating group) is 1. The van der Waals surface area contributed by atoms with E-state index in [2.05, 4.69) is 49.5 Å². The van der Waals surface area contributed by atoms with Gasteiger partial charge >= 0.3 is 0 Å². The zero-order valence-corrected chi connectivity index (χ0v) is 14.3. The largest absolute Gasteiger partial charge is 0.497 e. The molecule has 0 spiro atoms. The summed E-state index contributed by atoms with van der Waals surface area (Å²) in [6.07, 6.45) is 2.59. The van der Waals surface area contributed by atoms with Crippen LogP contribution in [0.3, 0.4) is 0 Å². The third kappa shape index (κ3) is 4.32. The fourth-order valence-electron chi connectivity index (χ4n) is 2.65. The summed E-state index contributed by atoms with van der Waals surface area (Å²) in [5.41, 5.74) is 1.25. The second-order valence-electron chi connectivity index (χ2n) is 5.96. The zero-order chi connectivity index (χ0) is 16.8. The summed E-state index contributed by atoms with van der Waals surface area (Å²) < 4.78 is 5.17. The van der Waals surface area contributed by atoms with Gasteiger partial charge in [0.1, 0.15) is 5.75 Å². The lowest BCUT2D eigenvalue weighted by Gasteiger charge is -2.32. The number of hydrogen-bond acceptors (Lipinski definition) is 7. The maximum Gasteiger partial charge on any atom is 0.247 e. The third-order valence-electron chi connectivity index (χ3n) is 4.21. The molecule has 1 fully saturated rings. The van der Waals surface area contributed by atoms with Crippen LogP contribution in [0.5, 0.6) is 5.75 Å². The molecule has 1 aromatic carbocycles. The summed E-state index contributed by atoms with van der Waals surface area (Å²) in [7, 11) is 3.81. The first-order valence-corrected chi connectivity index (χ1v) is 8.24. The van der Waals surface area contributed by atoms with E-state index in [4.69, 9.17) is 4.74 Å². The van der Waals surface area contributed by atoms with Crippen LogP contribution >= 0.6 is 0 Å². The molecule has 2 heterocycles. The molecule has 3 rings (SSSR count). The minimum absolute atomic E-state index is 0.706. The van der Waals surface area contributed by atoms with Crippen molar-refractivity contribution in [2.75, 3.05) is 57.1 Å². The Kier molecular flexibility index (Phi) is 5.43. The van der Waals surface area contributed by atoms with Crippen LogP contribution < -0.4 is 15.0 Å². The Morgan fingerprint density at radius 2 is 1.88 bits per heavy atom. The molecule has 1 aromatic heterocycles. The summed E-state index contributed by atoms with van der Waals surface area (Å²) in [4.78, 5) is 9.07. The Labute approximate surface area is 142 Å². The molecular weight excluding hydrogens is 304 g/mol.